The maximum Gasteiger partial charge on any atom is 0.241 e. The molecule has 0 saturated carbocycles. The summed E-state index contributed by atoms with van der Waals surface area (Å²) >= 11 is 0. The molecule has 2 atom stereocenters. The molecule has 142 valence electrons. The number of halogens is 1. The van der Waals surface area contributed by atoms with Gasteiger partial charge in [0.05, 0.1) is 17.0 Å². The molecular weight excluding hydrogens is 366 g/mol. The number of rotatable bonds is 5. The summed E-state index contributed by atoms with van der Waals surface area (Å²) < 4.78 is 27.7. The Morgan fingerprint density at radius 1 is 1.32 bits per heavy atom. The van der Waals surface area contributed by atoms with E-state index < -0.39 is 27.7 Å². The van der Waals surface area contributed by atoms with Crippen LogP contribution in [0.25, 0.3) is 0 Å². The van der Waals surface area contributed by atoms with Gasteiger partial charge in [0, 0.05) is 18.6 Å². The van der Waals surface area contributed by atoms with Crippen molar-refractivity contribution in [1.82, 2.24) is 15.4 Å². The van der Waals surface area contributed by atoms with E-state index in [1.807, 2.05) is 0 Å². The van der Waals surface area contributed by atoms with Crippen molar-refractivity contribution in [2.45, 2.75) is 56.3 Å². The highest BCUT2D eigenvalue weighted by Crippen LogP contribution is 2.18. The van der Waals surface area contributed by atoms with Gasteiger partial charge in [-0.3, -0.25) is 4.79 Å². The molecule has 1 aromatic rings. The fraction of sp³-hybridized carbons (Fsp3) is 0.562. The zero-order valence-corrected chi connectivity index (χ0v) is 16.2. The minimum absolute atomic E-state index is 0. The van der Waals surface area contributed by atoms with Crippen LogP contribution in [0.2, 0.25) is 0 Å². The highest BCUT2D eigenvalue weighted by molar-refractivity contribution is 7.89. The number of carbonyl (C=O) groups excluding carboxylic acids is 1. The summed E-state index contributed by atoms with van der Waals surface area (Å²) in [6.07, 6.45) is -0.165. The van der Waals surface area contributed by atoms with Crippen molar-refractivity contribution >= 4 is 28.3 Å². The highest BCUT2D eigenvalue weighted by atomic mass is 35.5. The summed E-state index contributed by atoms with van der Waals surface area (Å²) in [5.74, 6) is -0.248. The Kier molecular flexibility index (Phi) is 7.40. The predicted octanol–water partition coefficient (Wildman–Crippen LogP) is 0.524. The van der Waals surface area contributed by atoms with Gasteiger partial charge in [-0.2, -0.15) is 0 Å². The predicted molar refractivity (Wildman–Crippen MR) is 98.0 cm³/mol. The zero-order valence-electron chi connectivity index (χ0n) is 14.6. The van der Waals surface area contributed by atoms with Gasteiger partial charge in [0.1, 0.15) is 0 Å². The first-order valence-corrected chi connectivity index (χ1v) is 9.38. The molecule has 25 heavy (non-hydrogen) atoms. The highest BCUT2D eigenvalue weighted by Gasteiger charge is 2.28. The largest absolute Gasteiger partial charge is 0.392 e. The summed E-state index contributed by atoms with van der Waals surface area (Å²) in [4.78, 5) is 12.3. The quantitative estimate of drug-likeness (QED) is 0.585. The van der Waals surface area contributed by atoms with Crippen LogP contribution in [-0.4, -0.2) is 43.7 Å². The van der Waals surface area contributed by atoms with Gasteiger partial charge in [0.2, 0.25) is 15.9 Å². The van der Waals surface area contributed by atoms with Gasteiger partial charge < -0.3 is 15.7 Å². The lowest BCUT2D eigenvalue weighted by Crippen LogP contribution is -2.42. The summed E-state index contributed by atoms with van der Waals surface area (Å²) in [7, 11) is -3.68. The van der Waals surface area contributed by atoms with Gasteiger partial charge in [0.25, 0.3) is 0 Å². The maximum atomic E-state index is 12.5. The number of nitrogens with one attached hydrogen (secondary N) is 3. The van der Waals surface area contributed by atoms with Crippen LogP contribution in [0.1, 0.15) is 32.8 Å². The number of amides is 1. The number of aliphatic hydroxyl groups is 1. The number of hydrogen-bond donors (Lipinski definition) is 4. The summed E-state index contributed by atoms with van der Waals surface area (Å²) in [5, 5.41) is 15.1. The van der Waals surface area contributed by atoms with Crippen molar-refractivity contribution in [3.8, 4) is 0 Å². The monoisotopic (exact) mass is 391 g/mol. The van der Waals surface area contributed by atoms with Crippen LogP contribution in [0.15, 0.2) is 29.2 Å². The Bertz CT molecular complexity index is 704. The van der Waals surface area contributed by atoms with Crippen LogP contribution in [0.5, 0.6) is 0 Å². The molecule has 1 fully saturated rings. The number of benzene rings is 1. The van der Waals surface area contributed by atoms with Gasteiger partial charge in [-0.05, 0) is 38.8 Å². The molecule has 1 aliphatic heterocycles. The fourth-order valence-electron chi connectivity index (χ4n) is 2.59. The van der Waals surface area contributed by atoms with E-state index in [1.165, 1.54) is 6.07 Å². The van der Waals surface area contributed by atoms with Crippen molar-refractivity contribution in [2.75, 3.05) is 6.54 Å². The lowest BCUT2D eigenvalue weighted by atomic mass is 10.1. The first-order valence-electron chi connectivity index (χ1n) is 7.89. The number of β-amino-alcohol motifs (C(OH)–C–C–N with tert-alkyl or cyclic N) is 1. The molecule has 1 aromatic carbocycles. The van der Waals surface area contributed by atoms with Gasteiger partial charge in [-0.25, -0.2) is 13.1 Å². The molecule has 1 saturated heterocycles. The van der Waals surface area contributed by atoms with E-state index in [9.17, 15) is 18.3 Å². The van der Waals surface area contributed by atoms with E-state index in [0.29, 0.717) is 18.5 Å². The molecule has 0 aliphatic carbocycles. The van der Waals surface area contributed by atoms with E-state index in [4.69, 9.17) is 0 Å². The summed E-state index contributed by atoms with van der Waals surface area (Å²) in [6.45, 7) is 5.80. The van der Waals surface area contributed by atoms with Gasteiger partial charge in [-0.1, -0.05) is 18.2 Å². The van der Waals surface area contributed by atoms with E-state index in [-0.39, 0.29) is 29.8 Å². The molecule has 1 aliphatic rings. The van der Waals surface area contributed by atoms with Crippen LogP contribution >= 0.6 is 12.4 Å². The minimum atomic E-state index is -3.68. The zero-order chi connectivity index (χ0) is 18.0. The molecule has 2 unspecified atom stereocenters. The van der Waals surface area contributed by atoms with Crippen LogP contribution < -0.4 is 15.4 Å². The van der Waals surface area contributed by atoms with Crippen molar-refractivity contribution in [3.63, 3.8) is 0 Å². The standard InChI is InChI=1S/C16H25N3O4S.ClH/c1-16(2,3)19-24(22,23)14-7-5-4-6-11(14)9-18-15(21)13-8-12(20)10-17-13;/h4-7,12-13,17,19-20H,8-10H2,1-3H3,(H,18,21);1H. The molecule has 1 amide bonds. The topological polar surface area (TPSA) is 108 Å². The van der Waals surface area contributed by atoms with Gasteiger partial charge in [0.15, 0.2) is 0 Å². The number of carbonyl (C=O) groups is 1. The third-order valence-electron chi connectivity index (χ3n) is 3.58. The Morgan fingerprint density at radius 3 is 2.52 bits per heavy atom. The van der Waals surface area contributed by atoms with Crippen LogP contribution in [-0.2, 0) is 21.4 Å². The first-order chi connectivity index (χ1) is 11.1. The Balaban J connectivity index is 0.00000312. The number of hydrogen-bond acceptors (Lipinski definition) is 5. The second kappa shape index (κ2) is 8.46. The SMILES string of the molecule is CC(C)(C)NS(=O)(=O)c1ccccc1CNC(=O)C1CC(O)CN1.Cl. The molecule has 0 spiro atoms. The third-order valence-corrected chi connectivity index (χ3v) is 5.44. The Hall–Kier alpha value is -1.19. The van der Waals surface area contributed by atoms with Crippen molar-refractivity contribution in [2.24, 2.45) is 0 Å². The van der Waals surface area contributed by atoms with Crippen LogP contribution in [0.4, 0.5) is 0 Å². The smallest absolute Gasteiger partial charge is 0.241 e. The van der Waals surface area contributed by atoms with Crippen LogP contribution in [0, 0.1) is 0 Å². The van der Waals surface area contributed by atoms with Crippen molar-refractivity contribution in [1.29, 1.82) is 0 Å². The van der Waals surface area contributed by atoms with Crippen LogP contribution in [0.3, 0.4) is 0 Å². The van der Waals surface area contributed by atoms with E-state index in [2.05, 4.69) is 15.4 Å². The molecule has 4 N–H and O–H groups in total. The first kappa shape index (κ1) is 21.9. The third kappa shape index (κ3) is 6.23. The van der Waals surface area contributed by atoms with E-state index in [1.54, 1.807) is 39.0 Å². The average Bonchev–Trinajstić information content (AvgIpc) is 2.89. The average molecular weight is 392 g/mol. The van der Waals surface area contributed by atoms with Crippen molar-refractivity contribution in [3.05, 3.63) is 29.8 Å². The lowest BCUT2D eigenvalue weighted by Gasteiger charge is -2.21. The number of sulfonamides is 1. The fourth-order valence-corrected chi connectivity index (χ4v) is 4.25. The Labute approximate surface area is 155 Å². The summed E-state index contributed by atoms with van der Waals surface area (Å²) in [5.41, 5.74) is -0.0832. The molecule has 1 heterocycles. The van der Waals surface area contributed by atoms with E-state index >= 15 is 0 Å². The summed E-state index contributed by atoms with van der Waals surface area (Å²) in [6, 6.07) is 6.13. The molecule has 2 rings (SSSR count). The lowest BCUT2D eigenvalue weighted by molar-refractivity contribution is -0.123. The maximum absolute atomic E-state index is 12.5. The second-order valence-electron chi connectivity index (χ2n) is 7.03. The molecule has 7 nitrogen and oxygen atoms in total. The van der Waals surface area contributed by atoms with Gasteiger partial charge in [-0.15, -0.1) is 12.4 Å². The molecule has 0 aromatic heterocycles. The second-order valence-corrected chi connectivity index (χ2v) is 8.68. The molecule has 0 radical (unpaired) electrons. The van der Waals surface area contributed by atoms with E-state index in [0.717, 1.165) is 0 Å². The normalized spacial score (nSPS) is 20.8. The van der Waals surface area contributed by atoms with Crippen molar-refractivity contribution < 1.29 is 18.3 Å². The molecular formula is C16H26ClN3O4S. The van der Waals surface area contributed by atoms with Gasteiger partial charge >= 0.3 is 0 Å². The Morgan fingerprint density at radius 2 is 1.96 bits per heavy atom. The number of aliphatic hydroxyl groups excluding tert-OH is 1. The minimum Gasteiger partial charge on any atom is -0.392 e. The molecule has 0 bridgehead atoms. The molecule has 9 heteroatoms.